The molecule has 12 nitrogen and oxygen atoms in total. The molecule has 6 fully saturated rings. The average Bonchev–Trinajstić information content (AvgIpc) is 3.40. The van der Waals surface area contributed by atoms with Gasteiger partial charge in [-0.25, -0.2) is 4.79 Å². The summed E-state index contributed by atoms with van der Waals surface area (Å²) in [6, 6.07) is 8.15. The van der Waals surface area contributed by atoms with Crippen molar-refractivity contribution in [3.05, 3.63) is 35.9 Å². The number of rotatable bonds is 8. The number of methoxy groups -OCH3 is 4. The minimum absolute atomic E-state index is 0.0754. The molecule has 248 valence electrons. The summed E-state index contributed by atoms with van der Waals surface area (Å²) < 4.78 is 37.2. The van der Waals surface area contributed by atoms with E-state index in [4.69, 9.17) is 28.4 Å². The maximum absolute atomic E-state index is 13.7. The Morgan fingerprint density at radius 3 is 2.31 bits per heavy atom. The molecule has 1 spiro atoms. The molecule has 12 heteroatoms. The molecule has 0 aromatic heterocycles. The van der Waals surface area contributed by atoms with Gasteiger partial charge in [-0.2, -0.15) is 0 Å². The molecule has 1 aliphatic heterocycles. The zero-order valence-corrected chi connectivity index (χ0v) is 26.6. The van der Waals surface area contributed by atoms with E-state index in [0.717, 1.165) is 0 Å². The number of fused-ring (bicyclic) bond motifs is 2. The topological polar surface area (TPSA) is 153 Å². The van der Waals surface area contributed by atoms with Gasteiger partial charge in [0.15, 0.2) is 5.60 Å². The SMILES string of the molecule is COCC12CN(C)[C@@H]3C4C(OC)[C@H]1C3(C(OC)CC2O)[C@@H]1C[C@@]2(O)C(OC(=O)c3ccccc3)[C@@H]1[C@]4(OC(C)=O)C(O)[C@@H]2OC. The Kier molecular flexibility index (Phi) is 7.28. The van der Waals surface area contributed by atoms with Gasteiger partial charge in [0.25, 0.3) is 0 Å². The normalized spacial score (nSPS) is 50.7. The third kappa shape index (κ3) is 3.55. The Bertz CT molecular complexity index is 1350. The molecule has 3 N–H and O–H groups in total. The number of benzene rings is 1. The molecule has 0 radical (unpaired) electrons. The van der Waals surface area contributed by atoms with E-state index in [1.54, 1.807) is 51.7 Å². The van der Waals surface area contributed by atoms with Crippen molar-refractivity contribution in [2.75, 3.05) is 48.6 Å². The van der Waals surface area contributed by atoms with Gasteiger partial charge < -0.3 is 48.6 Å². The molecule has 7 rings (SSSR count). The van der Waals surface area contributed by atoms with Crippen molar-refractivity contribution in [2.45, 2.75) is 73.6 Å². The van der Waals surface area contributed by atoms with Crippen LogP contribution in [0.2, 0.25) is 0 Å². The number of aliphatic hydroxyl groups excluding tert-OH is 2. The summed E-state index contributed by atoms with van der Waals surface area (Å²) in [5.74, 6) is -3.66. The third-order valence-corrected chi connectivity index (χ3v) is 12.9. The molecule has 15 atom stereocenters. The van der Waals surface area contributed by atoms with E-state index in [1.807, 2.05) is 7.05 Å². The lowest BCUT2D eigenvalue weighted by molar-refractivity contribution is -0.321. The van der Waals surface area contributed by atoms with Crippen molar-refractivity contribution in [3.63, 3.8) is 0 Å². The molecule has 7 bridgehead atoms. The van der Waals surface area contributed by atoms with Crippen molar-refractivity contribution < 1.29 is 53.3 Å². The van der Waals surface area contributed by atoms with E-state index in [-0.39, 0.29) is 25.0 Å². The second-order valence-corrected chi connectivity index (χ2v) is 14.3. The summed E-state index contributed by atoms with van der Waals surface area (Å²) in [4.78, 5) is 29.1. The van der Waals surface area contributed by atoms with Crippen molar-refractivity contribution in [1.82, 2.24) is 4.90 Å². The van der Waals surface area contributed by atoms with E-state index < -0.39 is 88.3 Å². The van der Waals surface area contributed by atoms with Crippen LogP contribution in [-0.4, -0.2) is 135 Å². The van der Waals surface area contributed by atoms with Gasteiger partial charge in [0, 0.05) is 83.0 Å². The molecule has 1 heterocycles. The molecule has 1 saturated heterocycles. The highest BCUT2D eigenvalue weighted by molar-refractivity contribution is 5.89. The van der Waals surface area contributed by atoms with Gasteiger partial charge >= 0.3 is 11.9 Å². The van der Waals surface area contributed by atoms with Crippen LogP contribution in [0.3, 0.4) is 0 Å². The highest BCUT2D eigenvalue weighted by atomic mass is 16.6. The van der Waals surface area contributed by atoms with Gasteiger partial charge in [-0.05, 0) is 31.5 Å². The molecule has 5 aliphatic carbocycles. The van der Waals surface area contributed by atoms with Gasteiger partial charge in [0.05, 0.1) is 30.5 Å². The summed E-state index contributed by atoms with van der Waals surface area (Å²) in [6.45, 7) is 2.00. The number of esters is 2. The minimum Gasteiger partial charge on any atom is -0.455 e. The van der Waals surface area contributed by atoms with Crippen molar-refractivity contribution in [1.29, 1.82) is 0 Å². The van der Waals surface area contributed by atoms with Gasteiger partial charge in [-0.3, -0.25) is 4.79 Å². The number of aliphatic hydroxyl groups is 3. The minimum atomic E-state index is -1.83. The largest absolute Gasteiger partial charge is 0.455 e. The number of carbonyl (C=O) groups is 2. The molecule has 8 unspecified atom stereocenters. The van der Waals surface area contributed by atoms with Gasteiger partial charge in [0.1, 0.15) is 23.9 Å². The maximum atomic E-state index is 13.7. The highest BCUT2D eigenvalue weighted by Crippen LogP contribution is 2.80. The number of hydrogen-bond donors (Lipinski definition) is 3. The quantitative estimate of drug-likeness (QED) is 0.337. The average molecular weight is 632 g/mol. The fourth-order valence-corrected chi connectivity index (χ4v) is 12.2. The number of carbonyl (C=O) groups excluding carboxylic acids is 2. The zero-order valence-electron chi connectivity index (χ0n) is 26.6. The first kappa shape index (κ1) is 31.4. The Morgan fingerprint density at radius 1 is 1.00 bits per heavy atom. The number of ether oxygens (including phenoxy) is 6. The number of nitrogens with zero attached hydrogens (tertiary/aromatic N) is 1. The number of piperidine rings is 1. The van der Waals surface area contributed by atoms with Crippen LogP contribution in [0.25, 0.3) is 0 Å². The number of hydrogen-bond acceptors (Lipinski definition) is 12. The standard InChI is InChI=1S/C33H45NO11/c1-16(35)45-33-21-18(13-31(39,28(43-6)26(33)37)27(21)44-29(38)17-10-8-7-9-11-17)32-20(41-4)12-19(36)30(15-40-3)14-34(2)25(32)22(33)23(42-5)24(30)32/h7-11,18-28,36-37,39H,12-15H2,1-6H3/t18-,19?,20?,21-,22?,23?,24-,25-,26?,27?,28+,30?,31-,32?,33-/m1/s1. The van der Waals surface area contributed by atoms with Crippen LogP contribution < -0.4 is 0 Å². The zero-order chi connectivity index (χ0) is 32.3. The van der Waals surface area contributed by atoms with Gasteiger partial charge in [0.2, 0.25) is 0 Å². The highest BCUT2D eigenvalue weighted by Gasteiger charge is 2.92. The fourth-order valence-electron chi connectivity index (χ4n) is 12.2. The first-order chi connectivity index (χ1) is 21.4. The summed E-state index contributed by atoms with van der Waals surface area (Å²) in [6.07, 6.45) is -5.50. The van der Waals surface area contributed by atoms with Crippen molar-refractivity contribution in [2.24, 2.45) is 34.5 Å². The first-order valence-electron chi connectivity index (χ1n) is 15.8. The van der Waals surface area contributed by atoms with E-state index in [9.17, 15) is 24.9 Å². The molecular weight excluding hydrogens is 586 g/mol. The second kappa shape index (κ2) is 10.4. The molecule has 6 aliphatic rings. The van der Waals surface area contributed by atoms with Crippen LogP contribution in [0.4, 0.5) is 0 Å². The van der Waals surface area contributed by atoms with Crippen LogP contribution in [0.5, 0.6) is 0 Å². The lowest BCUT2D eigenvalue weighted by atomic mass is 9.42. The first-order valence-corrected chi connectivity index (χ1v) is 15.8. The molecular formula is C33H45NO11. The van der Waals surface area contributed by atoms with E-state index in [0.29, 0.717) is 18.5 Å². The third-order valence-electron chi connectivity index (χ3n) is 12.9. The summed E-state index contributed by atoms with van der Waals surface area (Å²) in [5.41, 5.74) is -4.79. The summed E-state index contributed by atoms with van der Waals surface area (Å²) >= 11 is 0. The van der Waals surface area contributed by atoms with E-state index in [2.05, 4.69) is 4.90 Å². The van der Waals surface area contributed by atoms with Crippen LogP contribution in [0.1, 0.15) is 30.1 Å². The van der Waals surface area contributed by atoms with E-state index in [1.165, 1.54) is 14.0 Å². The lowest BCUT2D eigenvalue weighted by Gasteiger charge is -2.70. The van der Waals surface area contributed by atoms with Crippen LogP contribution >= 0.6 is 0 Å². The Labute approximate surface area is 262 Å². The Balaban J connectivity index is 1.52. The van der Waals surface area contributed by atoms with Crippen molar-refractivity contribution in [3.8, 4) is 0 Å². The predicted octanol–water partition coefficient (Wildman–Crippen LogP) is 0.258. The lowest BCUT2D eigenvalue weighted by Crippen LogP contribution is -2.81. The Hall–Kier alpha value is -2.16. The smallest absolute Gasteiger partial charge is 0.338 e. The van der Waals surface area contributed by atoms with Gasteiger partial charge in [-0.15, -0.1) is 0 Å². The van der Waals surface area contributed by atoms with Crippen molar-refractivity contribution >= 4 is 11.9 Å². The molecule has 0 amide bonds. The number of likely N-dealkylation sites (tertiary alicyclic amines) is 1. The molecule has 1 aromatic rings. The van der Waals surface area contributed by atoms with Crippen LogP contribution in [0.15, 0.2) is 30.3 Å². The van der Waals surface area contributed by atoms with E-state index >= 15 is 0 Å². The van der Waals surface area contributed by atoms with Crippen LogP contribution in [-0.2, 0) is 33.2 Å². The molecule has 5 saturated carbocycles. The monoisotopic (exact) mass is 631 g/mol. The Morgan fingerprint density at radius 2 is 1.71 bits per heavy atom. The molecule has 45 heavy (non-hydrogen) atoms. The maximum Gasteiger partial charge on any atom is 0.338 e. The summed E-state index contributed by atoms with van der Waals surface area (Å²) in [7, 11) is 8.20. The predicted molar refractivity (Wildman–Crippen MR) is 156 cm³/mol. The summed E-state index contributed by atoms with van der Waals surface area (Å²) in [5, 5.41) is 37.0. The second-order valence-electron chi connectivity index (χ2n) is 14.3. The molecule has 1 aromatic carbocycles. The van der Waals surface area contributed by atoms with Crippen LogP contribution in [0, 0.1) is 34.5 Å². The van der Waals surface area contributed by atoms with Gasteiger partial charge in [-0.1, -0.05) is 18.2 Å². The fraction of sp³-hybridized carbons (Fsp3) is 0.758.